The van der Waals surface area contributed by atoms with Crippen molar-refractivity contribution in [1.29, 1.82) is 0 Å². The minimum absolute atomic E-state index is 0.184. The van der Waals surface area contributed by atoms with Gasteiger partial charge in [0.1, 0.15) is 5.82 Å². The fourth-order valence-corrected chi connectivity index (χ4v) is 2.89. The highest BCUT2D eigenvalue weighted by molar-refractivity contribution is 5.55. The molecule has 1 aliphatic heterocycles. The van der Waals surface area contributed by atoms with Crippen LogP contribution in [-0.2, 0) is 0 Å². The lowest BCUT2D eigenvalue weighted by atomic mass is 9.78. The highest BCUT2D eigenvalue weighted by atomic mass is 19.1. The van der Waals surface area contributed by atoms with Crippen LogP contribution in [0.5, 0.6) is 0 Å². The molecule has 1 aliphatic rings. The number of piperidine rings is 1. The summed E-state index contributed by atoms with van der Waals surface area (Å²) in [6.07, 6.45) is 3.54. The second kappa shape index (κ2) is 5.49. The molecule has 0 unspecified atom stereocenters. The maximum Gasteiger partial charge on any atom is 0.130 e. The van der Waals surface area contributed by atoms with E-state index in [-0.39, 0.29) is 11.9 Å². The van der Waals surface area contributed by atoms with Gasteiger partial charge in [-0.15, -0.1) is 0 Å². The first-order chi connectivity index (χ1) is 8.97. The van der Waals surface area contributed by atoms with Gasteiger partial charge in [0.25, 0.3) is 0 Å². The van der Waals surface area contributed by atoms with Crippen LogP contribution in [0.3, 0.4) is 0 Å². The molecule has 0 radical (unpaired) electrons. The van der Waals surface area contributed by atoms with E-state index in [1.165, 1.54) is 25.3 Å². The molecule has 0 bridgehead atoms. The number of benzene rings is 1. The van der Waals surface area contributed by atoms with Gasteiger partial charge in [0.2, 0.25) is 0 Å². The minimum atomic E-state index is -0.268. The third kappa shape index (κ3) is 2.92. The molecule has 1 fully saturated rings. The second-order valence-corrected chi connectivity index (χ2v) is 6.11. The zero-order valence-corrected chi connectivity index (χ0v) is 12.2. The van der Waals surface area contributed by atoms with Crippen LogP contribution in [0.15, 0.2) is 18.2 Å². The van der Waals surface area contributed by atoms with E-state index in [1.807, 2.05) is 13.0 Å². The van der Waals surface area contributed by atoms with E-state index in [9.17, 15) is 4.39 Å². The van der Waals surface area contributed by atoms with E-state index < -0.39 is 0 Å². The molecule has 1 atom stereocenters. The van der Waals surface area contributed by atoms with Crippen molar-refractivity contribution in [1.82, 2.24) is 0 Å². The van der Waals surface area contributed by atoms with Crippen molar-refractivity contribution >= 4 is 5.69 Å². The van der Waals surface area contributed by atoms with Gasteiger partial charge in [-0.25, -0.2) is 4.39 Å². The van der Waals surface area contributed by atoms with Crippen molar-refractivity contribution in [2.24, 2.45) is 11.1 Å². The Morgan fingerprint density at radius 2 is 2.00 bits per heavy atom. The highest BCUT2D eigenvalue weighted by Gasteiger charge is 2.29. The highest BCUT2D eigenvalue weighted by Crippen LogP contribution is 2.37. The Balaban J connectivity index is 2.22. The van der Waals surface area contributed by atoms with E-state index >= 15 is 0 Å². The monoisotopic (exact) mass is 264 g/mol. The molecular weight excluding hydrogens is 239 g/mol. The van der Waals surface area contributed by atoms with Crippen LogP contribution in [0.25, 0.3) is 0 Å². The van der Waals surface area contributed by atoms with E-state index in [0.29, 0.717) is 11.0 Å². The summed E-state index contributed by atoms with van der Waals surface area (Å²) >= 11 is 0. The fraction of sp³-hybridized carbons (Fsp3) is 0.625. The molecule has 2 nitrogen and oxygen atoms in total. The molecule has 2 rings (SSSR count). The summed E-state index contributed by atoms with van der Waals surface area (Å²) in [5, 5.41) is 0. The maximum absolute atomic E-state index is 14.0. The van der Waals surface area contributed by atoms with Crippen molar-refractivity contribution < 1.29 is 4.39 Å². The van der Waals surface area contributed by atoms with E-state index in [0.717, 1.165) is 18.8 Å². The first kappa shape index (κ1) is 14.3. The predicted octanol–water partition coefficient (Wildman–Crippen LogP) is 3.86. The number of hydrogen-bond acceptors (Lipinski definition) is 2. The molecule has 1 aromatic rings. The summed E-state index contributed by atoms with van der Waals surface area (Å²) in [6.45, 7) is 8.44. The summed E-state index contributed by atoms with van der Waals surface area (Å²) in [7, 11) is 0. The number of hydrogen-bond donors (Lipinski definition) is 1. The van der Waals surface area contributed by atoms with Gasteiger partial charge < -0.3 is 10.6 Å². The van der Waals surface area contributed by atoms with Gasteiger partial charge in [0, 0.05) is 30.4 Å². The molecule has 0 spiro atoms. The SMILES string of the molecule is CCC1(C)CCN(c2cccc(F)c2[C@H](C)N)CC1. The molecule has 106 valence electrons. The van der Waals surface area contributed by atoms with Crippen LogP contribution in [0.2, 0.25) is 0 Å². The zero-order valence-electron chi connectivity index (χ0n) is 12.2. The van der Waals surface area contributed by atoms with Crippen LogP contribution in [0.1, 0.15) is 51.6 Å². The van der Waals surface area contributed by atoms with Gasteiger partial charge in [-0.2, -0.15) is 0 Å². The van der Waals surface area contributed by atoms with Gasteiger partial charge in [-0.1, -0.05) is 26.3 Å². The Labute approximate surface area is 115 Å². The van der Waals surface area contributed by atoms with Gasteiger partial charge in [0.15, 0.2) is 0 Å². The summed E-state index contributed by atoms with van der Waals surface area (Å²) in [4.78, 5) is 2.29. The Bertz CT molecular complexity index is 434. The summed E-state index contributed by atoms with van der Waals surface area (Å²) < 4.78 is 14.0. The quantitative estimate of drug-likeness (QED) is 0.898. The number of nitrogens with zero attached hydrogens (tertiary/aromatic N) is 1. The predicted molar refractivity (Wildman–Crippen MR) is 78.8 cm³/mol. The number of halogens is 1. The normalized spacial score (nSPS) is 20.4. The molecule has 1 saturated heterocycles. The molecule has 1 heterocycles. The van der Waals surface area contributed by atoms with Crippen LogP contribution in [0.4, 0.5) is 10.1 Å². The Hall–Kier alpha value is -1.09. The van der Waals surface area contributed by atoms with Crippen LogP contribution >= 0.6 is 0 Å². The lowest BCUT2D eigenvalue weighted by Crippen LogP contribution is -2.39. The topological polar surface area (TPSA) is 29.3 Å². The van der Waals surface area contributed by atoms with E-state index in [1.54, 1.807) is 6.07 Å². The Kier molecular flexibility index (Phi) is 4.14. The molecule has 2 N–H and O–H groups in total. The van der Waals surface area contributed by atoms with Crippen molar-refractivity contribution in [3.8, 4) is 0 Å². The standard InChI is InChI=1S/C16H25FN2/c1-4-16(3)8-10-19(11-9-16)14-7-5-6-13(17)15(14)12(2)18/h5-7,12H,4,8-11,18H2,1-3H3/t12-/m0/s1. The number of anilines is 1. The molecule has 3 heteroatoms. The first-order valence-corrected chi connectivity index (χ1v) is 7.26. The third-order valence-corrected chi connectivity index (χ3v) is 4.65. The van der Waals surface area contributed by atoms with Crippen LogP contribution in [-0.4, -0.2) is 13.1 Å². The van der Waals surface area contributed by atoms with Crippen molar-refractivity contribution in [2.75, 3.05) is 18.0 Å². The average Bonchev–Trinajstić information content (AvgIpc) is 2.39. The number of nitrogens with two attached hydrogens (primary N) is 1. The molecule has 0 saturated carbocycles. The van der Waals surface area contributed by atoms with Crippen molar-refractivity contribution in [2.45, 2.75) is 46.1 Å². The zero-order chi connectivity index (χ0) is 14.0. The smallest absolute Gasteiger partial charge is 0.130 e. The van der Waals surface area contributed by atoms with Crippen LogP contribution < -0.4 is 10.6 Å². The Morgan fingerprint density at radius 1 is 1.37 bits per heavy atom. The van der Waals surface area contributed by atoms with Crippen molar-refractivity contribution in [3.05, 3.63) is 29.6 Å². The minimum Gasteiger partial charge on any atom is -0.371 e. The summed E-state index contributed by atoms with van der Waals surface area (Å²) in [5.41, 5.74) is 8.01. The first-order valence-electron chi connectivity index (χ1n) is 7.26. The summed E-state index contributed by atoms with van der Waals surface area (Å²) in [5.74, 6) is -0.184. The fourth-order valence-electron chi connectivity index (χ4n) is 2.89. The second-order valence-electron chi connectivity index (χ2n) is 6.11. The maximum atomic E-state index is 14.0. The van der Waals surface area contributed by atoms with Crippen LogP contribution in [0, 0.1) is 11.2 Å². The summed E-state index contributed by atoms with van der Waals surface area (Å²) in [6, 6.07) is 5.01. The molecule has 1 aromatic carbocycles. The molecule has 0 aliphatic carbocycles. The van der Waals surface area contributed by atoms with Gasteiger partial charge in [-0.3, -0.25) is 0 Å². The Morgan fingerprint density at radius 3 is 2.53 bits per heavy atom. The molecule has 19 heavy (non-hydrogen) atoms. The van der Waals surface area contributed by atoms with E-state index in [2.05, 4.69) is 18.7 Å². The largest absolute Gasteiger partial charge is 0.371 e. The third-order valence-electron chi connectivity index (χ3n) is 4.65. The van der Waals surface area contributed by atoms with Gasteiger partial charge in [-0.05, 0) is 37.3 Å². The van der Waals surface area contributed by atoms with Gasteiger partial charge >= 0.3 is 0 Å². The van der Waals surface area contributed by atoms with Gasteiger partial charge in [0.05, 0.1) is 0 Å². The molecule has 0 amide bonds. The lowest BCUT2D eigenvalue weighted by molar-refractivity contribution is 0.238. The molecular formula is C16H25FN2. The average molecular weight is 264 g/mol. The van der Waals surface area contributed by atoms with E-state index in [4.69, 9.17) is 5.73 Å². The van der Waals surface area contributed by atoms with Crippen molar-refractivity contribution in [3.63, 3.8) is 0 Å². The number of rotatable bonds is 3. The molecule has 0 aromatic heterocycles. The lowest BCUT2D eigenvalue weighted by Gasteiger charge is -2.41.